The summed E-state index contributed by atoms with van der Waals surface area (Å²) in [5, 5.41) is 6.81. The molecule has 3 rings (SSSR count). The third kappa shape index (κ3) is 2.88. The van der Waals surface area contributed by atoms with E-state index >= 15 is 0 Å². The summed E-state index contributed by atoms with van der Waals surface area (Å²) in [6, 6.07) is 13.3. The largest absolute Gasteiger partial charge is 0.481 e. The molecule has 110 valence electrons. The van der Waals surface area contributed by atoms with E-state index in [2.05, 4.69) is 15.2 Å². The first-order valence-electron chi connectivity index (χ1n) is 6.89. The number of pyridine rings is 1. The van der Waals surface area contributed by atoms with Crippen molar-refractivity contribution in [2.24, 2.45) is 0 Å². The predicted octanol–water partition coefficient (Wildman–Crippen LogP) is 2.91. The van der Waals surface area contributed by atoms with E-state index in [-0.39, 0.29) is 12.2 Å². The number of methoxy groups -OCH3 is 1. The normalized spacial score (nSPS) is 10.4. The van der Waals surface area contributed by atoms with Crippen LogP contribution in [0.2, 0.25) is 0 Å². The van der Waals surface area contributed by atoms with Crippen LogP contribution in [-0.4, -0.2) is 28.1 Å². The van der Waals surface area contributed by atoms with Crippen LogP contribution >= 0.6 is 0 Å². The molecule has 5 nitrogen and oxygen atoms in total. The Labute approximate surface area is 128 Å². The van der Waals surface area contributed by atoms with Crippen molar-refractivity contribution in [1.82, 2.24) is 15.2 Å². The van der Waals surface area contributed by atoms with Gasteiger partial charge in [0.05, 0.1) is 13.3 Å². The van der Waals surface area contributed by atoms with Gasteiger partial charge in [0.2, 0.25) is 5.88 Å². The van der Waals surface area contributed by atoms with Gasteiger partial charge in [-0.3, -0.25) is 9.89 Å². The van der Waals surface area contributed by atoms with Crippen molar-refractivity contribution < 1.29 is 9.53 Å². The molecule has 0 atom stereocenters. The first-order chi connectivity index (χ1) is 10.8. The summed E-state index contributed by atoms with van der Waals surface area (Å²) < 4.78 is 5.01. The number of nitrogens with zero attached hydrogens (tertiary/aromatic N) is 2. The third-order valence-corrected chi connectivity index (χ3v) is 3.37. The number of carbonyl (C=O) groups is 1. The summed E-state index contributed by atoms with van der Waals surface area (Å²) in [7, 11) is 1.56. The van der Waals surface area contributed by atoms with Crippen molar-refractivity contribution in [3.05, 3.63) is 66.1 Å². The SMILES string of the molecule is COc1ccc(CC(=O)c2[nH]ncc2-c2ccccc2)cn1. The fourth-order valence-corrected chi connectivity index (χ4v) is 2.25. The lowest BCUT2D eigenvalue weighted by molar-refractivity contribution is 0.0988. The Bertz CT molecular complexity index is 764. The first kappa shape index (κ1) is 14.0. The zero-order valence-electron chi connectivity index (χ0n) is 12.1. The van der Waals surface area contributed by atoms with E-state index < -0.39 is 0 Å². The first-order valence-corrected chi connectivity index (χ1v) is 6.89. The molecule has 1 N–H and O–H groups in total. The Kier molecular flexibility index (Phi) is 3.96. The number of aromatic nitrogens is 3. The Morgan fingerprint density at radius 1 is 1.14 bits per heavy atom. The molecule has 0 radical (unpaired) electrons. The van der Waals surface area contributed by atoms with E-state index in [9.17, 15) is 4.79 Å². The highest BCUT2D eigenvalue weighted by atomic mass is 16.5. The van der Waals surface area contributed by atoms with Gasteiger partial charge in [0.15, 0.2) is 5.78 Å². The van der Waals surface area contributed by atoms with Gasteiger partial charge in [-0.05, 0) is 11.1 Å². The monoisotopic (exact) mass is 293 g/mol. The van der Waals surface area contributed by atoms with Crippen molar-refractivity contribution in [2.45, 2.75) is 6.42 Å². The summed E-state index contributed by atoms with van der Waals surface area (Å²) >= 11 is 0. The Morgan fingerprint density at radius 3 is 2.64 bits per heavy atom. The van der Waals surface area contributed by atoms with Gasteiger partial charge in [0.25, 0.3) is 0 Å². The Morgan fingerprint density at radius 2 is 1.95 bits per heavy atom. The fourth-order valence-electron chi connectivity index (χ4n) is 2.25. The average molecular weight is 293 g/mol. The molecule has 0 bridgehead atoms. The molecule has 22 heavy (non-hydrogen) atoms. The standard InChI is InChI=1S/C17H15N3O2/c1-22-16-8-7-12(10-18-16)9-15(21)17-14(11-19-20-17)13-5-3-2-4-6-13/h2-8,10-11H,9H2,1H3,(H,19,20). The van der Waals surface area contributed by atoms with Crippen molar-refractivity contribution in [3.8, 4) is 17.0 Å². The number of H-pyrrole nitrogens is 1. The third-order valence-electron chi connectivity index (χ3n) is 3.37. The maximum atomic E-state index is 12.5. The van der Waals surface area contributed by atoms with Crippen molar-refractivity contribution in [1.29, 1.82) is 0 Å². The Balaban J connectivity index is 1.82. The van der Waals surface area contributed by atoms with Crippen LogP contribution in [0, 0.1) is 0 Å². The minimum absolute atomic E-state index is 0.0247. The van der Waals surface area contributed by atoms with Crippen LogP contribution in [0.3, 0.4) is 0 Å². The van der Waals surface area contributed by atoms with Crippen LogP contribution in [0.15, 0.2) is 54.9 Å². The molecule has 0 saturated heterocycles. The fraction of sp³-hybridized carbons (Fsp3) is 0.118. The van der Waals surface area contributed by atoms with Gasteiger partial charge in [-0.2, -0.15) is 5.10 Å². The molecule has 0 aliphatic carbocycles. The van der Waals surface area contributed by atoms with Gasteiger partial charge in [-0.25, -0.2) is 4.98 Å². The van der Waals surface area contributed by atoms with E-state index in [4.69, 9.17) is 4.74 Å². The van der Waals surface area contributed by atoms with E-state index in [1.807, 2.05) is 36.4 Å². The van der Waals surface area contributed by atoms with E-state index in [1.54, 1.807) is 25.6 Å². The minimum Gasteiger partial charge on any atom is -0.481 e. The van der Waals surface area contributed by atoms with E-state index in [1.165, 1.54) is 0 Å². The number of aromatic amines is 1. The molecule has 0 aliphatic heterocycles. The van der Waals surface area contributed by atoms with Crippen molar-refractivity contribution >= 4 is 5.78 Å². The molecule has 0 spiro atoms. The van der Waals surface area contributed by atoms with Crippen molar-refractivity contribution in [2.75, 3.05) is 7.11 Å². The number of ether oxygens (including phenoxy) is 1. The zero-order valence-corrected chi connectivity index (χ0v) is 12.1. The molecule has 0 amide bonds. The average Bonchev–Trinajstić information content (AvgIpc) is 3.06. The summed E-state index contributed by atoms with van der Waals surface area (Å²) in [6.45, 7) is 0. The molecular weight excluding hydrogens is 278 g/mol. The van der Waals surface area contributed by atoms with Crippen LogP contribution in [-0.2, 0) is 6.42 Å². The second-order valence-corrected chi connectivity index (χ2v) is 4.83. The highest BCUT2D eigenvalue weighted by Crippen LogP contribution is 2.22. The van der Waals surface area contributed by atoms with Gasteiger partial charge in [-0.1, -0.05) is 36.4 Å². The second kappa shape index (κ2) is 6.22. The number of hydrogen-bond donors (Lipinski definition) is 1. The van der Waals surface area contributed by atoms with Gasteiger partial charge in [0, 0.05) is 24.2 Å². The number of benzene rings is 1. The number of Topliss-reactive ketones (excluding diaryl/α,β-unsaturated/α-hetero) is 1. The summed E-state index contributed by atoms with van der Waals surface area (Å²) in [5.41, 5.74) is 3.13. The molecule has 0 unspecified atom stereocenters. The molecule has 3 aromatic rings. The number of nitrogens with one attached hydrogen (secondary N) is 1. The number of carbonyl (C=O) groups excluding carboxylic acids is 1. The molecule has 0 fully saturated rings. The van der Waals surface area contributed by atoms with Crippen LogP contribution in [0.25, 0.3) is 11.1 Å². The number of hydrogen-bond acceptors (Lipinski definition) is 4. The van der Waals surface area contributed by atoms with Crippen molar-refractivity contribution in [3.63, 3.8) is 0 Å². The smallest absolute Gasteiger partial charge is 0.212 e. The predicted molar refractivity (Wildman–Crippen MR) is 82.8 cm³/mol. The maximum absolute atomic E-state index is 12.5. The number of ketones is 1. The second-order valence-electron chi connectivity index (χ2n) is 4.83. The van der Waals surface area contributed by atoms with Gasteiger partial charge in [0.1, 0.15) is 5.69 Å². The minimum atomic E-state index is -0.0247. The maximum Gasteiger partial charge on any atom is 0.212 e. The molecule has 1 aromatic carbocycles. The molecule has 2 aromatic heterocycles. The topological polar surface area (TPSA) is 67.9 Å². The molecule has 5 heteroatoms. The van der Waals surface area contributed by atoms with Gasteiger partial charge >= 0.3 is 0 Å². The number of rotatable bonds is 5. The summed E-state index contributed by atoms with van der Waals surface area (Å²) in [5.74, 6) is 0.506. The van der Waals surface area contributed by atoms with Crippen LogP contribution in [0.1, 0.15) is 16.1 Å². The zero-order chi connectivity index (χ0) is 15.4. The summed E-state index contributed by atoms with van der Waals surface area (Å²) in [6.07, 6.45) is 3.59. The molecule has 0 aliphatic rings. The molecule has 0 saturated carbocycles. The van der Waals surface area contributed by atoms with E-state index in [0.29, 0.717) is 11.6 Å². The quantitative estimate of drug-likeness (QED) is 0.734. The molecular formula is C17H15N3O2. The lowest BCUT2D eigenvalue weighted by Crippen LogP contribution is -2.06. The molecule has 2 heterocycles. The van der Waals surface area contributed by atoms with Crippen LogP contribution in [0.4, 0.5) is 0 Å². The van der Waals surface area contributed by atoms with E-state index in [0.717, 1.165) is 16.7 Å². The Hall–Kier alpha value is -2.95. The lowest BCUT2D eigenvalue weighted by atomic mass is 10.0. The van der Waals surface area contributed by atoms with Gasteiger partial charge < -0.3 is 4.74 Å². The van der Waals surface area contributed by atoms with Crippen LogP contribution in [0.5, 0.6) is 5.88 Å². The van der Waals surface area contributed by atoms with Crippen LogP contribution < -0.4 is 4.74 Å². The lowest BCUT2D eigenvalue weighted by Gasteiger charge is -2.04. The highest BCUT2D eigenvalue weighted by molar-refractivity contribution is 6.01. The summed E-state index contributed by atoms with van der Waals surface area (Å²) in [4.78, 5) is 16.6. The van der Waals surface area contributed by atoms with Gasteiger partial charge in [-0.15, -0.1) is 0 Å². The highest BCUT2D eigenvalue weighted by Gasteiger charge is 2.15.